The van der Waals surface area contributed by atoms with Gasteiger partial charge in [-0.15, -0.1) is 0 Å². The molecule has 1 N–H and O–H groups in total. The third kappa shape index (κ3) is 6.34. The predicted molar refractivity (Wildman–Crippen MR) is 94.6 cm³/mol. The summed E-state index contributed by atoms with van der Waals surface area (Å²) in [5, 5.41) is 13.9. The molecule has 1 radical (unpaired) electrons. The molecule has 0 spiro atoms. The maximum Gasteiger partial charge on any atom is 0.408 e. The van der Waals surface area contributed by atoms with Crippen molar-refractivity contribution in [1.29, 1.82) is 0 Å². The molecule has 2 rings (SSSR count). The van der Waals surface area contributed by atoms with Crippen molar-refractivity contribution in [2.45, 2.75) is 38.8 Å². The van der Waals surface area contributed by atoms with Gasteiger partial charge in [-0.25, -0.2) is 4.79 Å². The lowest BCUT2D eigenvalue weighted by Gasteiger charge is -2.39. The molecular weight excluding hydrogens is 322 g/mol. The van der Waals surface area contributed by atoms with E-state index in [1.807, 2.05) is 30.3 Å². The second-order valence-electron chi connectivity index (χ2n) is 6.94. The van der Waals surface area contributed by atoms with Crippen molar-refractivity contribution in [2.75, 3.05) is 26.2 Å². The Morgan fingerprint density at radius 3 is 2.48 bits per heavy atom. The van der Waals surface area contributed by atoms with Crippen LogP contribution in [0.2, 0.25) is 0 Å². The lowest BCUT2D eigenvalue weighted by atomic mass is 9.87. The van der Waals surface area contributed by atoms with E-state index in [-0.39, 0.29) is 18.1 Å². The minimum Gasteiger partial charge on any atom is -0.445 e. The number of carbonyl (C=O) groups is 1. The summed E-state index contributed by atoms with van der Waals surface area (Å²) >= 11 is 0. The number of rotatable bonds is 7. The summed E-state index contributed by atoms with van der Waals surface area (Å²) in [4.78, 5) is 25.1. The van der Waals surface area contributed by atoms with E-state index in [1.54, 1.807) is 0 Å². The van der Waals surface area contributed by atoms with Crippen molar-refractivity contribution in [2.24, 2.45) is 0 Å². The highest BCUT2D eigenvalue weighted by Crippen LogP contribution is 2.24. The number of likely N-dealkylation sites (tertiary alicyclic amines) is 1. The van der Waals surface area contributed by atoms with Crippen LogP contribution in [-0.4, -0.2) is 47.6 Å². The average molecular weight is 348 g/mol. The van der Waals surface area contributed by atoms with Crippen LogP contribution >= 0.6 is 0 Å². The van der Waals surface area contributed by atoms with E-state index in [0.29, 0.717) is 12.8 Å². The van der Waals surface area contributed by atoms with Crippen LogP contribution in [0.3, 0.4) is 0 Å². The fourth-order valence-electron chi connectivity index (χ4n) is 3.13. The summed E-state index contributed by atoms with van der Waals surface area (Å²) in [6.07, 6.45) is 0.487. The number of hydrogen-bond donors (Lipinski definition) is 1. The molecule has 0 saturated carbocycles. The molecule has 1 amide bonds. The van der Waals surface area contributed by atoms with Gasteiger partial charge in [0.2, 0.25) is 6.54 Å². The number of nitrogens with zero attached hydrogens (tertiary/aromatic N) is 2. The topological polar surface area (TPSA) is 84.7 Å². The predicted octanol–water partition coefficient (Wildman–Crippen LogP) is 2.64. The van der Waals surface area contributed by atoms with Crippen LogP contribution in [0.15, 0.2) is 30.3 Å². The van der Waals surface area contributed by atoms with Crippen LogP contribution in [0.5, 0.6) is 0 Å². The fourth-order valence-corrected chi connectivity index (χ4v) is 3.13. The van der Waals surface area contributed by atoms with Gasteiger partial charge in [0.05, 0.1) is 0 Å². The molecule has 1 fully saturated rings. The summed E-state index contributed by atoms with van der Waals surface area (Å²) in [5.41, 5.74) is 0.0415. The number of carbonyl (C=O) groups excluding carboxylic acids is 1. The molecule has 0 aromatic heterocycles. The second kappa shape index (κ2) is 8.80. The Morgan fingerprint density at radius 1 is 1.28 bits per heavy atom. The Hall–Kier alpha value is -2.15. The summed E-state index contributed by atoms with van der Waals surface area (Å²) in [7, 11) is 0. The first-order valence-corrected chi connectivity index (χ1v) is 8.51. The molecule has 1 aromatic rings. The van der Waals surface area contributed by atoms with Crippen LogP contribution in [0.1, 0.15) is 32.3 Å². The number of nitro groups is 1. The molecule has 0 bridgehead atoms. The lowest BCUT2D eigenvalue weighted by Crippen LogP contribution is -2.59. The third-order valence-electron chi connectivity index (χ3n) is 4.36. The van der Waals surface area contributed by atoms with Crippen molar-refractivity contribution in [1.82, 2.24) is 10.2 Å². The molecule has 1 aliphatic rings. The van der Waals surface area contributed by atoms with Gasteiger partial charge >= 0.3 is 6.09 Å². The second-order valence-corrected chi connectivity index (χ2v) is 6.94. The van der Waals surface area contributed by atoms with Crippen molar-refractivity contribution in [3.63, 3.8) is 0 Å². The van der Waals surface area contributed by atoms with Crippen LogP contribution in [-0.2, 0) is 11.3 Å². The maximum absolute atomic E-state index is 12.2. The minimum absolute atomic E-state index is 0.150. The van der Waals surface area contributed by atoms with Crippen LogP contribution < -0.4 is 5.32 Å². The van der Waals surface area contributed by atoms with Gasteiger partial charge in [-0.3, -0.25) is 10.1 Å². The molecule has 137 valence electrons. The summed E-state index contributed by atoms with van der Waals surface area (Å²) in [5.74, 6) is 1.30. The zero-order valence-corrected chi connectivity index (χ0v) is 14.9. The number of piperidine rings is 1. The maximum atomic E-state index is 12.2. The third-order valence-corrected chi connectivity index (χ3v) is 4.36. The Kier molecular flexibility index (Phi) is 6.75. The highest BCUT2D eigenvalue weighted by Gasteiger charge is 2.41. The van der Waals surface area contributed by atoms with Crippen molar-refractivity contribution >= 4 is 6.09 Å². The molecule has 1 heterocycles. The Balaban J connectivity index is 1.91. The van der Waals surface area contributed by atoms with Gasteiger partial charge in [0.1, 0.15) is 12.1 Å². The Morgan fingerprint density at radius 2 is 1.92 bits per heavy atom. The number of benzene rings is 1. The molecule has 0 aliphatic carbocycles. The van der Waals surface area contributed by atoms with Crippen LogP contribution in [0.25, 0.3) is 0 Å². The van der Waals surface area contributed by atoms with Crippen LogP contribution in [0.4, 0.5) is 4.79 Å². The molecule has 7 heteroatoms. The van der Waals surface area contributed by atoms with Gasteiger partial charge < -0.3 is 15.0 Å². The Labute approximate surface area is 148 Å². The number of amides is 1. The molecule has 25 heavy (non-hydrogen) atoms. The van der Waals surface area contributed by atoms with Gasteiger partial charge in [0, 0.05) is 24.6 Å². The van der Waals surface area contributed by atoms with E-state index in [4.69, 9.17) is 4.74 Å². The number of ether oxygens (including phenoxy) is 1. The molecule has 1 aromatic carbocycles. The van der Waals surface area contributed by atoms with E-state index in [2.05, 4.69) is 24.1 Å². The Bertz CT molecular complexity index is 569. The van der Waals surface area contributed by atoms with E-state index in [9.17, 15) is 14.9 Å². The largest absolute Gasteiger partial charge is 0.445 e. The van der Waals surface area contributed by atoms with Crippen LogP contribution in [0, 0.1) is 16.0 Å². The number of alkyl carbamates (subject to hydrolysis) is 1. The highest BCUT2D eigenvalue weighted by molar-refractivity contribution is 5.68. The number of nitrogens with one attached hydrogen (secondary N) is 1. The molecular formula is C18H26N3O4. The first kappa shape index (κ1) is 19.2. The average Bonchev–Trinajstić information content (AvgIpc) is 2.55. The first-order chi connectivity index (χ1) is 11.9. The van der Waals surface area contributed by atoms with Crippen molar-refractivity contribution in [3.05, 3.63) is 51.9 Å². The molecule has 1 saturated heterocycles. The molecule has 7 nitrogen and oxygen atoms in total. The lowest BCUT2D eigenvalue weighted by molar-refractivity contribution is -0.491. The molecule has 0 atom stereocenters. The quantitative estimate of drug-likeness (QED) is 0.605. The SMILES string of the molecule is C[C](C)CN1CCC(C[N+](=O)[O-])(NC(=O)OCc2ccccc2)CC1. The summed E-state index contributed by atoms with van der Waals surface area (Å²) in [6, 6.07) is 9.35. The normalized spacial score (nSPS) is 17.2. The summed E-state index contributed by atoms with van der Waals surface area (Å²) in [6.45, 7) is 6.33. The van der Waals surface area contributed by atoms with E-state index >= 15 is 0 Å². The van der Waals surface area contributed by atoms with E-state index < -0.39 is 11.6 Å². The standard InChI is InChI=1S/C18H26N3O4/c1-15(2)12-20-10-8-18(9-11-20,14-21(23)24)19-17(22)25-13-16-6-4-3-5-7-16/h3-7H,8-14H2,1-2H3,(H,19,22). The monoisotopic (exact) mass is 348 g/mol. The highest BCUT2D eigenvalue weighted by atomic mass is 16.6. The molecule has 1 aliphatic heterocycles. The molecule has 0 unspecified atom stereocenters. The van der Waals surface area contributed by atoms with Gasteiger partial charge in [-0.1, -0.05) is 44.2 Å². The van der Waals surface area contributed by atoms with Gasteiger partial charge in [-0.05, 0) is 24.3 Å². The van der Waals surface area contributed by atoms with Gasteiger partial charge in [0.25, 0.3) is 0 Å². The number of hydrogen-bond acceptors (Lipinski definition) is 5. The fraction of sp³-hybridized carbons (Fsp3) is 0.556. The van der Waals surface area contributed by atoms with E-state index in [1.165, 1.54) is 5.92 Å². The van der Waals surface area contributed by atoms with Crippen molar-refractivity contribution in [3.8, 4) is 0 Å². The summed E-state index contributed by atoms with van der Waals surface area (Å²) < 4.78 is 5.24. The minimum atomic E-state index is -0.838. The zero-order chi connectivity index (χ0) is 18.3. The first-order valence-electron chi connectivity index (χ1n) is 8.51. The van der Waals surface area contributed by atoms with Gasteiger partial charge in [0.15, 0.2) is 0 Å². The smallest absolute Gasteiger partial charge is 0.408 e. The van der Waals surface area contributed by atoms with Crippen molar-refractivity contribution < 1.29 is 14.5 Å². The zero-order valence-electron chi connectivity index (χ0n) is 14.9. The van der Waals surface area contributed by atoms with E-state index in [0.717, 1.165) is 25.2 Å². The van der Waals surface area contributed by atoms with Gasteiger partial charge in [-0.2, -0.15) is 0 Å².